The van der Waals surface area contributed by atoms with Gasteiger partial charge in [-0.15, -0.1) is 0 Å². The Labute approximate surface area is 84.2 Å². The van der Waals surface area contributed by atoms with Crippen LogP contribution < -0.4 is 5.32 Å². The highest BCUT2D eigenvalue weighted by Crippen LogP contribution is 2.23. The van der Waals surface area contributed by atoms with Crippen LogP contribution in [-0.2, 0) is 4.74 Å². The summed E-state index contributed by atoms with van der Waals surface area (Å²) in [6.45, 7) is 2.19. The van der Waals surface area contributed by atoms with Crippen LogP contribution in [0.1, 0.15) is 32.6 Å². The standard InChI is InChI=1S/C10H16N2O2/c1-2-14-10(13)12-9-5-3-8(7-11)4-6-9/h8-9H,2-6H2,1H3,(H,12,13). The predicted molar refractivity (Wildman–Crippen MR) is 51.5 cm³/mol. The second kappa shape index (κ2) is 5.48. The molecule has 0 aliphatic heterocycles. The van der Waals surface area contributed by atoms with Gasteiger partial charge in [-0.2, -0.15) is 5.26 Å². The van der Waals surface area contributed by atoms with E-state index < -0.39 is 0 Å². The van der Waals surface area contributed by atoms with Crippen LogP contribution in [0.2, 0.25) is 0 Å². The molecule has 0 aromatic heterocycles. The van der Waals surface area contributed by atoms with Crippen molar-refractivity contribution in [2.24, 2.45) is 5.92 Å². The summed E-state index contributed by atoms with van der Waals surface area (Å²) in [7, 11) is 0. The third kappa shape index (κ3) is 3.25. The topological polar surface area (TPSA) is 62.1 Å². The first-order valence-corrected chi connectivity index (χ1v) is 5.09. The summed E-state index contributed by atoms with van der Waals surface area (Å²) in [5, 5.41) is 11.5. The van der Waals surface area contributed by atoms with E-state index in [9.17, 15) is 4.79 Å². The van der Waals surface area contributed by atoms with Crippen molar-refractivity contribution in [1.82, 2.24) is 5.32 Å². The fraction of sp³-hybridized carbons (Fsp3) is 0.800. The molecular formula is C10H16N2O2. The predicted octanol–water partition coefficient (Wildman–Crippen LogP) is 1.81. The van der Waals surface area contributed by atoms with Gasteiger partial charge in [0.1, 0.15) is 0 Å². The molecule has 1 fully saturated rings. The summed E-state index contributed by atoms with van der Waals surface area (Å²) in [4.78, 5) is 11.1. The summed E-state index contributed by atoms with van der Waals surface area (Å²) < 4.78 is 4.78. The fourth-order valence-corrected chi connectivity index (χ4v) is 1.71. The molecule has 4 nitrogen and oxygen atoms in total. The maximum Gasteiger partial charge on any atom is 0.407 e. The molecule has 1 aliphatic rings. The van der Waals surface area contributed by atoms with Crippen molar-refractivity contribution in [3.63, 3.8) is 0 Å². The van der Waals surface area contributed by atoms with Crippen LogP contribution in [-0.4, -0.2) is 18.7 Å². The van der Waals surface area contributed by atoms with Crippen molar-refractivity contribution < 1.29 is 9.53 Å². The molecule has 1 amide bonds. The number of hydrogen-bond donors (Lipinski definition) is 1. The zero-order valence-corrected chi connectivity index (χ0v) is 8.45. The molecule has 0 aromatic rings. The van der Waals surface area contributed by atoms with Crippen LogP contribution in [0.4, 0.5) is 4.79 Å². The highest BCUT2D eigenvalue weighted by molar-refractivity contribution is 5.67. The minimum Gasteiger partial charge on any atom is -0.450 e. The van der Waals surface area contributed by atoms with E-state index in [0.29, 0.717) is 6.61 Å². The third-order valence-electron chi connectivity index (χ3n) is 2.51. The Morgan fingerprint density at radius 2 is 2.14 bits per heavy atom. The van der Waals surface area contributed by atoms with Gasteiger partial charge in [0.25, 0.3) is 0 Å². The lowest BCUT2D eigenvalue weighted by Crippen LogP contribution is -2.37. The molecule has 1 saturated carbocycles. The van der Waals surface area contributed by atoms with E-state index in [1.165, 1.54) is 0 Å². The Kier molecular flexibility index (Phi) is 4.24. The first-order chi connectivity index (χ1) is 6.76. The first kappa shape index (κ1) is 10.8. The van der Waals surface area contributed by atoms with Crippen LogP contribution in [0.25, 0.3) is 0 Å². The molecule has 4 heteroatoms. The quantitative estimate of drug-likeness (QED) is 0.732. The van der Waals surface area contributed by atoms with Gasteiger partial charge in [0.15, 0.2) is 0 Å². The molecule has 1 rings (SSSR count). The Bertz CT molecular complexity index is 227. The lowest BCUT2D eigenvalue weighted by molar-refractivity contribution is 0.144. The van der Waals surface area contributed by atoms with Crippen LogP contribution >= 0.6 is 0 Å². The molecule has 1 aliphatic carbocycles. The SMILES string of the molecule is CCOC(=O)NC1CCC(C#N)CC1. The van der Waals surface area contributed by atoms with Crippen molar-refractivity contribution in [2.45, 2.75) is 38.6 Å². The van der Waals surface area contributed by atoms with Crippen molar-refractivity contribution >= 4 is 6.09 Å². The van der Waals surface area contributed by atoms with Crippen LogP contribution in [0.5, 0.6) is 0 Å². The minimum absolute atomic E-state index is 0.176. The van der Waals surface area contributed by atoms with Crippen molar-refractivity contribution in [2.75, 3.05) is 6.61 Å². The number of ether oxygens (including phenoxy) is 1. The summed E-state index contributed by atoms with van der Waals surface area (Å²) in [5.41, 5.74) is 0. The molecule has 0 atom stereocenters. The second-order valence-electron chi connectivity index (χ2n) is 3.54. The van der Waals surface area contributed by atoms with Gasteiger partial charge in [-0.3, -0.25) is 0 Å². The molecule has 0 saturated heterocycles. The smallest absolute Gasteiger partial charge is 0.407 e. The van der Waals surface area contributed by atoms with Crippen molar-refractivity contribution in [3.8, 4) is 6.07 Å². The number of hydrogen-bond acceptors (Lipinski definition) is 3. The monoisotopic (exact) mass is 196 g/mol. The summed E-state index contributed by atoms with van der Waals surface area (Å²) in [6.07, 6.45) is 3.20. The van der Waals surface area contributed by atoms with Gasteiger partial charge in [0.05, 0.1) is 12.7 Å². The minimum atomic E-state index is -0.340. The number of rotatable bonds is 2. The fourth-order valence-electron chi connectivity index (χ4n) is 1.71. The molecular weight excluding hydrogens is 180 g/mol. The van der Waals surface area contributed by atoms with Gasteiger partial charge >= 0.3 is 6.09 Å². The Morgan fingerprint density at radius 1 is 1.50 bits per heavy atom. The molecule has 78 valence electrons. The Morgan fingerprint density at radius 3 is 2.64 bits per heavy atom. The number of carbonyl (C=O) groups is 1. The zero-order valence-electron chi connectivity index (χ0n) is 8.45. The average Bonchev–Trinajstić information content (AvgIpc) is 2.19. The Hall–Kier alpha value is -1.24. The van der Waals surface area contributed by atoms with Gasteiger partial charge in [0.2, 0.25) is 0 Å². The van der Waals surface area contributed by atoms with Crippen molar-refractivity contribution in [1.29, 1.82) is 5.26 Å². The number of nitriles is 1. The zero-order chi connectivity index (χ0) is 10.4. The Balaban J connectivity index is 2.22. The number of nitrogens with zero attached hydrogens (tertiary/aromatic N) is 1. The molecule has 14 heavy (non-hydrogen) atoms. The average molecular weight is 196 g/mol. The maximum absolute atomic E-state index is 11.1. The first-order valence-electron chi connectivity index (χ1n) is 5.09. The van der Waals surface area contributed by atoms with E-state index in [2.05, 4.69) is 11.4 Å². The largest absolute Gasteiger partial charge is 0.450 e. The molecule has 0 unspecified atom stereocenters. The highest BCUT2D eigenvalue weighted by Gasteiger charge is 2.22. The summed E-state index contributed by atoms with van der Waals surface area (Å²) >= 11 is 0. The maximum atomic E-state index is 11.1. The van der Waals surface area contributed by atoms with Gasteiger partial charge < -0.3 is 10.1 Å². The molecule has 0 spiro atoms. The third-order valence-corrected chi connectivity index (χ3v) is 2.51. The molecule has 1 N–H and O–H groups in total. The van der Waals surface area contributed by atoms with E-state index in [4.69, 9.17) is 10.00 Å². The van der Waals surface area contributed by atoms with E-state index in [0.717, 1.165) is 25.7 Å². The molecule has 0 bridgehead atoms. The van der Waals surface area contributed by atoms with Crippen molar-refractivity contribution in [3.05, 3.63) is 0 Å². The van der Waals surface area contributed by atoms with E-state index >= 15 is 0 Å². The van der Waals surface area contributed by atoms with Gasteiger partial charge in [-0.05, 0) is 32.6 Å². The van der Waals surface area contributed by atoms with Gasteiger partial charge in [0, 0.05) is 12.0 Å². The van der Waals surface area contributed by atoms with E-state index in [1.807, 2.05) is 0 Å². The number of amides is 1. The van der Waals surface area contributed by atoms with Crippen LogP contribution in [0.15, 0.2) is 0 Å². The summed E-state index contributed by atoms with van der Waals surface area (Å²) in [5.74, 6) is 0.176. The van der Waals surface area contributed by atoms with Gasteiger partial charge in [-0.1, -0.05) is 0 Å². The number of carbonyl (C=O) groups excluding carboxylic acids is 1. The number of alkyl carbamates (subject to hydrolysis) is 1. The normalized spacial score (nSPS) is 26.3. The highest BCUT2D eigenvalue weighted by atomic mass is 16.5. The summed E-state index contributed by atoms with van der Waals surface area (Å²) in [6, 6.07) is 2.45. The van der Waals surface area contributed by atoms with E-state index in [-0.39, 0.29) is 18.1 Å². The second-order valence-corrected chi connectivity index (χ2v) is 3.54. The molecule has 0 radical (unpaired) electrons. The molecule has 0 heterocycles. The number of nitrogens with one attached hydrogen (secondary N) is 1. The lowest BCUT2D eigenvalue weighted by atomic mass is 9.87. The molecule has 0 aromatic carbocycles. The van der Waals surface area contributed by atoms with Crippen LogP contribution in [0.3, 0.4) is 0 Å². The van der Waals surface area contributed by atoms with Gasteiger partial charge in [-0.25, -0.2) is 4.79 Å². The van der Waals surface area contributed by atoms with Crippen LogP contribution in [0, 0.1) is 17.2 Å². The van der Waals surface area contributed by atoms with E-state index in [1.54, 1.807) is 6.92 Å². The lowest BCUT2D eigenvalue weighted by Gasteiger charge is -2.25.